The summed E-state index contributed by atoms with van der Waals surface area (Å²) < 4.78 is 37.0. The molecule has 100 valence electrons. The normalized spacial score (nSPS) is 13.4. The second kappa shape index (κ2) is 6.08. The highest BCUT2D eigenvalue weighted by Gasteiger charge is 2.31. The average Bonchev–Trinajstić information content (AvgIpc) is 2.25. The Balaban J connectivity index is 3.22. The van der Waals surface area contributed by atoms with E-state index in [0.717, 1.165) is 0 Å². The minimum atomic E-state index is -4.45. The molecule has 0 spiro atoms. The number of benzene rings is 1. The van der Waals surface area contributed by atoms with Gasteiger partial charge in [0.05, 0.1) is 11.4 Å². The molecule has 1 aromatic carbocycles. The SMILES string of the molecule is CC(Br)C(=O)c1cccc(SC(F)(F)F)c1CO. The van der Waals surface area contributed by atoms with Crippen molar-refractivity contribution in [1.29, 1.82) is 0 Å². The third-order valence-electron chi connectivity index (χ3n) is 2.14. The Morgan fingerprint density at radius 1 is 1.50 bits per heavy atom. The van der Waals surface area contributed by atoms with Crippen molar-refractivity contribution in [2.45, 2.75) is 28.8 Å². The van der Waals surface area contributed by atoms with E-state index in [4.69, 9.17) is 0 Å². The highest BCUT2D eigenvalue weighted by atomic mass is 79.9. The molecule has 1 unspecified atom stereocenters. The van der Waals surface area contributed by atoms with Crippen LogP contribution in [-0.4, -0.2) is 21.2 Å². The fourth-order valence-corrected chi connectivity index (χ4v) is 2.33. The van der Waals surface area contributed by atoms with Crippen LogP contribution in [-0.2, 0) is 6.61 Å². The van der Waals surface area contributed by atoms with Crippen LogP contribution in [0.4, 0.5) is 13.2 Å². The summed E-state index contributed by atoms with van der Waals surface area (Å²) in [4.78, 5) is 11.1. The van der Waals surface area contributed by atoms with E-state index >= 15 is 0 Å². The van der Waals surface area contributed by atoms with Crippen LogP contribution in [0.2, 0.25) is 0 Å². The molecule has 0 fully saturated rings. The van der Waals surface area contributed by atoms with E-state index < -0.39 is 16.9 Å². The largest absolute Gasteiger partial charge is 0.446 e. The Morgan fingerprint density at radius 3 is 2.56 bits per heavy atom. The molecule has 1 aromatic rings. The zero-order chi connectivity index (χ0) is 13.9. The first-order chi connectivity index (χ1) is 8.26. The van der Waals surface area contributed by atoms with E-state index in [0.29, 0.717) is 0 Å². The molecule has 0 amide bonds. The smallest absolute Gasteiger partial charge is 0.392 e. The number of alkyl halides is 4. The van der Waals surface area contributed by atoms with Crippen molar-refractivity contribution < 1.29 is 23.1 Å². The van der Waals surface area contributed by atoms with E-state index in [1.165, 1.54) is 18.2 Å². The molecule has 0 aliphatic rings. The molecule has 1 N–H and O–H groups in total. The van der Waals surface area contributed by atoms with Crippen LogP contribution in [0.25, 0.3) is 0 Å². The molecule has 0 bridgehead atoms. The number of Topliss-reactive ketones (excluding diaryl/α,β-unsaturated/α-hetero) is 1. The minimum absolute atomic E-state index is 0.0103. The lowest BCUT2D eigenvalue weighted by atomic mass is 10.0. The fourth-order valence-electron chi connectivity index (χ4n) is 1.39. The van der Waals surface area contributed by atoms with E-state index in [2.05, 4.69) is 15.9 Å². The molecule has 0 heterocycles. The molecule has 2 nitrogen and oxygen atoms in total. The summed E-state index contributed by atoms with van der Waals surface area (Å²) in [7, 11) is 0. The molecular formula is C11H10BrF3O2S. The number of halogens is 4. The summed E-state index contributed by atoms with van der Waals surface area (Å²) in [5.41, 5.74) is -4.33. The first-order valence-electron chi connectivity index (χ1n) is 4.93. The van der Waals surface area contributed by atoms with Gasteiger partial charge in [-0.15, -0.1) is 0 Å². The lowest BCUT2D eigenvalue weighted by molar-refractivity contribution is -0.0328. The van der Waals surface area contributed by atoms with Gasteiger partial charge in [0, 0.05) is 16.0 Å². The molecule has 1 rings (SSSR count). The minimum Gasteiger partial charge on any atom is -0.392 e. The average molecular weight is 343 g/mol. The molecule has 18 heavy (non-hydrogen) atoms. The van der Waals surface area contributed by atoms with Crippen LogP contribution in [0.3, 0.4) is 0 Å². The Kier molecular flexibility index (Phi) is 5.24. The standard InChI is InChI=1S/C11H10BrF3O2S/c1-6(12)10(17)7-3-2-4-9(8(7)5-16)18-11(13,14)15/h2-4,6,16H,5H2,1H3. The predicted molar refractivity (Wildman–Crippen MR) is 67.0 cm³/mol. The Hall–Kier alpha value is -0.530. The number of rotatable bonds is 4. The Bertz CT molecular complexity index is 446. The van der Waals surface area contributed by atoms with Gasteiger partial charge in [0.2, 0.25) is 0 Å². The molecule has 0 saturated carbocycles. The van der Waals surface area contributed by atoms with E-state index in [9.17, 15) is 23.1 Å². The molecular weight excluding hydrogens is 333 g/mol. The van der Waals surface area contributed by atoms with Gasteiger partial charge in [0.15, 0.2) is 5.78 Å². The third-order valence-corrected chi connectivity index (χ3v) is 3.39. The van der Waals surface area contributed by atoms with Crippen LogP contribution < -0.4 is 0 Å². The van der Waals surface area contributed by atoms with E-state index in [-0.39, 0.29) is 33.6 Å². The van der Waals surface area contributed by atoms with Gasteiger partial charge in [-0.3, -0.25) is 4.79 Å². The molecule has 1 atom stereocenters. The van der Waals surface area contributed by atoms with Crippen molar-refractivity contribution in [2.75, 3.05) is 0 Å². The Morgan fingerprint density at radius 2 is 2.11 bits per heavy atom. The van der Waals surface area contributed by atoms with Gasteiger partial charge < -0.3 is 5.11 Å². The van der Waals surface area contributed by atoms with Gasteiger partial charge in [0.1, 0.15) is 0 Å². The second-order valence-corrected chi connectivity index (χ2v) is 5.95. The van der Waals surface area contributed by atoms with E-state index in [1.807, 2.05) is 0 Å². The van der Waals surface area contributed by atoms with Gasteiger partial charge in [-0.2, -0.15) is 13.2 Å². The van der Waals surface area contributed by atoms with Crippen molar-refractivity contribution in [3.05, 3.63) is 29.3 Å². The number of hydrogen-bond acceptors (Lipinski definition) is 3. The molecule has 0 saturated heterocycles. The summed E-state index contributed by atoms with van der Waals surface area (Å²) in [6.07, 6.45) is 0. The predicted octanol–water partition coefficient (Wildman–Crippen LogP) is 3.76. The number of ketones is 1. The van der Waals surface area contributed by atoms with Crippen molar-refractivity contribution in [3.63, 3.8) is 0 Å². The number of aliphatic hydroxyl groups excluding tert-OH is 1. The molecule has 0 aliphatic heterocycles. The first kappa shape index (κ1) is 15.5. The highest BCUT2D eigenvalue weighted by molar-refractivity contribution is 9.10. The lowest BCUT2D eigenvalue weighted by Gasteiger charge is -2.14. The topological polar surface area (TPSA) is 37.3 Å². The molecule has 0 aliphatic carbocycles. The van der Waals surface area contributed by atoms with E-state index in [1.54, 1.807) is 6.92 Å². The van der Waals surface area contributed by atoms with Crippen LogP contribution in [0.15, 0.2) is 23.1 Å². The van der Waals surface area contributed by atoms with Crippen molar-refractivity contribution in [1.82, 2.24) is 0 Å². The summed E-state index contributed by atoms with van der Waals surface area (Å²) >= 11 is 2.73. The first-order valence-corrected chi connectivity index (χ1v) is 6.66. The summed E-state index contributed by atoms with van der Waals surface area (Å²) in [5.74, 6) is -0.358. The quantitative estimate of drug-likeness (QED) is 0.514. The summed E-state index contributed by atoms with van der Waals surface area (Å²) in [5, 5.41) is 9.18. The third kappa shape index (κ3) is 4.00. The van der Waals surface area contributed by atoms with Crippen LogP contribution >= 0.6 is 27.7 Å². The van der Waals surface area contributed by atoms with Gasteiger partial charge in [-0.1, -0.05) is 28.1 Å². The maximum Gasteiger partial charge on any atom is 0.446 e. The monoisotopic (exact) mass is 342 g/mol. The number of thioether (sulfide) groups is 1. The van der Waals surface area contributed by atoms with Gasteiger partial charge >= 0.3 is 5.51 Å². The van der Waals surface area contributed by atoms with Crippen LogP contribution in [0.1, 0.15) is 22.8 Å². The van der Waals surface area contributed by atoms with Gasteiger partial charge in [0.25, 0.3) is 0 Å². The van der Waals surface area contributed by atoms with Crippen LogP contribution in [0, 0.1) is 0 Å². The molecule has 0 radical (unpaired) electrons. The van der Waals surface area contributed by atoms with Crippen molar-refractivity contribution in [2.24, 2.45) is 0 Å². The number of carbonyl (C=O) groups excluding carboxylic acids is 1. The van der Waals surface area contributed by atoms with Crippen molar-refractivity contribution in [3.8, 4) is 0 Å². The zero-order valence-electron chi connectivity index (χ0n) is 9.29. The number of aliphatic hydroxyl groups is 1. The van der Waals surface area contributed by atoms with Gasteiger partial charge in [-0.25, -0.2) is 0 Å². The highest BCUT2D eigenvalue weighted by Crippen LogP contribution is 2.39. The number of hydrogen-bond donors (Lipinski definition) is 1. The summed E-state index contributed by atoms with van der Waals surface area (Å²) in [6, 6.07) is 4.02. The van der Waals surface area contributed by atoms with Gasteiger partial charge in [-0.05, 0) is 24.8 Å². The zero-order valence-corrected chi connectivity index (χ0v) is 11.7. The summed E-state index contributed by atoms with van der Waals surface area (Å²) in [6.45, 7) is 0.965. The fraction of sp³-hybridized carbons (Fsp3) is 0.364. The Labute approximate surface area is 115 Å². The number of carbonyl (C=O) groups is 1. The second-order valence-electron chi connectivity index (χ2n) is 3.47. The molecule has 0 aromatic heterocycles. The van der Waals surface area contributed by atoms with Crippen molar-refractivity contribution >= 4 is 33.5 Å². The van der Waals surface area contributed by atoms with Crippen LogP contribution in [0.5, 0.6) is 0 Å². The maximum absolute atomic E-state index is 12.3. The lowest BCUT2D eigenvalue weighted by Crippen LogP contribution is -2.14. The maximum atomic E-state index is 12.3. The molecule has 7 heteroatoms.